The second kappa shape index (κ2) is 8.63. The maximum atomic E-state index is 12.4. The first kappa shape index (κ1) is 18.1. The van der Waals surface area contributed by atoms with Crippen molar-refractivity contribution < 1.29 is 14.3 Å². The van der Waals surface area contributed by atoms with Crippen LogP contribution >= 0.6 is 0 Å². The average molecular weight is 357 g/mol. The highest BCUT2D eigenvalue weighted by molar-refractivity contribution is 6.07. The Morgan fingerprint density at radius 1 is 0.852 bits per heavy atom. The highest BCUT2D eigenvalue weighted by atomic mass is 16.5. The zero-order valence-corrected chi connectivity index (χ0v) is 14.7. The van der Waals surface area contributed by atoms with E-state index in [0.717, 1.165) is 16.7 Å². The summed E-state index contributed by atoms with van der Waals surface area (Å²) in [4.78, 5) is 23.1. The number of ether oxygens (including phenoxy) is 1. The summed E-state index contributed by atoms with van der Waals surface area (Å²) in [6.07, 6.45) is 3.29. The van der Waals surface area contributed by atoms with Crippen molar-refractivity contribution in [1.82, 2.24) is 0 Å². The molecule has 27 heavy (non-hydrogen) atoms. The second-order valence-corrected chi connectivity index (χ2v) is 5.97. The van der Waals surface area contributed by atoms with Crippen LogP contribution in [-0.2, 0) is 4.79 Å². The monoisotopic (exact) mass is 357 g/mol. The van der Waals surface area contributed by atoms with Gasteiger partial charge in [-0.1, -0.05) is 72.8 Å². The lowest BCUT2D eigenvalue weighted by Crippen LogP contribution is -2.20. The van der Waals surface area contributed by atoms with Gasteiger partial charge in [0.15, 0.2) is 12.4 Å². The molecule has 0 saturated carbocycles. The first-order valence-electron chi connectivity index (χ1n) is 8.51. The van der Waals surface area contributed by atoms with Crippen LogP contribution in [0.5, 0.6) is 5.75 Å². The van der Waals surface area contributed by atoms with Gasteiger partial charge in [-0.3, -0.25) is 9.59 Å². The third kappa shape index (κ3) is 5.16. The van der Waals surface area contributed by atoms with Gasteiger partial charge in [-0.05, 0) is 34.9 Å². The molecule has 0 heterocycles. The molecule has 3 rings (SSSR count). The summed E-state index contributed by atoms with van der Waals surface area (Å²) >= 11 is 0. The molecule has 0 aliphatic rings. The van der Waals surface area contributed by atoms with Crippen molar-refractivity contribution >= 4 is 17.8 Å². The summed E-state index contributed by atoms with van der Waals surface area (Å²) in [5.41, 5.74) is 8.74. The topological polar surface area (TPSA) is 69.4 Å². The first-order valence-corrected chi connectivity index (χ1v) is 8.51. The Morgan fingerprint density at radius 2 is 1.56 bits per heavy atom. The minimum Gasteiger partial charge on any atom is -0.484 e. The van der Waals surface area contributed by atoms with E-state index in [1.165, 1.54) is 6.08 Å². The lowest BCUT2D eigenvalue weighted by atomic mass is 10.0. The number of hydrogen-bond donors (Lipinski definition) is 1. The van der Waals surface area contributed by atoms with Gasteiger partial charge >= 0.3 is 0 Å². The van der Waals surface area contributed by atoms with Crippen molar-refractivity contribution in [2.75, 3.05) is 6.61 Å². The van der Waals surface area contributed by atoms with Gasteiger partial charge in [0, 0.05) is 5.56 Å². The van der Waals surface area contributed by atoms with E-state index in [1.54, 1.807) is 30.3 Å². The van der Waals surface area contributed by atoms with Gasteiger partial charge < -0.3 is 10.5 Å². The molecule has 3 aromatic rings. The van der Waals surface area contributed by atoms with Crippen LogP contribution in [0, 0.1) is 0 Å². The normalized spacial score (nSPS) is 10.7. The number of ketones is 1. The maximum Gasteiger partial charge on any atom is 0.255 e. The molecule has 2 N–H and O–H groups in total. The predicted octanol–water partition coefficient (Wildman–Crippen LogP) is 4.11. The van der Waals surface area contributed by atoms with Gasteiger partial charge in [0.05, 0.1) is 0 Å². The fourth-order valence-corrected chi connectivity index (χ4v) is 2.58. The van der Waals surface area contributed by atoms with E-state index in [4.69, 9.17) is 10.5 Å². The molecular weight excluding hydrogens is 338 g/mol. The largest absolute Gasteiger partial charge is 0.484 e. The molecule has 0 radical (unpaired) electrons. The van der Waals surface area contributed by atoms with E-state index in [9.17, 15) is 9.59 Å². The molecule has 0 spiro atoms. The third-order valence-corrected chi connectivity index (χ3v) is 3.94. The minimum atomic E-state index is -0.564. The standard InChI is InChI=1S/C23H19NO3/c24-23(26)16-27-21-8-4-7-20(15-21)22(25)14-11-17-9-12-19(13-10-17)18-5-2-1-3-6-18/h1-15H,16H2,(H2,24,26)/b14-11+. The molecular formula is C23H19NO3. The Balaban J connectivity index is 1.68. The second-order valence-electron chi connectivity index (χ2n) is 5.97. The minimum absolute atomic E-state index is 0.147. The quantitative estimate of drug-likeness (QED) is 0.511. The molecule has 0 saturated heterocycles. The Bertz CT molecular complexity index is 960. The fourth-order valence-electron chi connectivity index (χ4n) is 2.58. The zero-order chi connectivity index (χ0) is 19.1. The van der Waals surface area contributed by atoms with Gasteiger partial charge in [-0.15, -0.1) is 0 Å². The van der Waals surface area contributed by atoms with Crippen molar-refractivity contribution in [3.05, 3.63) is 96.1 Å². The molecule has 0 unspecified atom stereocenters. The average Bonchev–Trinajstić information content (AvgIpc) is 2.72. The van der Waals surface area contributed by atoms with Gasteiger partial charge in [0.2, 0.25) is 0 Å². The lowest BCUT2D eigenvalue weighted by Gasteiger charge is -2.04. The van der Waals surface area contributed by atoms with Crippen molar-refractivity contribution in [2.45, 2.75) is 0 Å². The zero-order valence-electron chi connectivity index (χ0n) is 14.7. The highest BCUT2D eigenvalue weighted by Crippen LogP contribution is 2.20. The molecule has 0 aliphatic carbocycles. The number of allylic oxidation sites excluding steroid dienone is 1. The van der Waals surface area contributed by atoms with Crippen molar-refractivity contribution in [2.24, 2.45) is 5.73 Å². The summed E-state index contributed by atoms with van der Waals surface area (Å²) in [6.45, 7) is -0.221. The van der Waals surface area contributed by atoms with Gasteiger partial charge in [-0.2, -0.15) is 0 Å². The van der Waals surface area contributed by atoms with Gasteiger partial charge in [-0.25, -0.2) is 0 Å². The first-order chi connectivity index (χ1) is 13.1. The van der Waals surface area contributed by atoms with E-state index < -0.39 is 5.91 Å². The van der Waals surface area contributed by atoms with E-state index in [1.807, 2.05) is 42.5 Å². The Labute approximate surface area is 157 Å². The Hall–Kier alpha value is -3.66. The molecule has 0 fully saturated rings. The Kier molecular flexibility index (Phi) is 5.80. The number of rotatable bonds is 7. The smallest absolute Gasteiger partial charge is 0.255 e. The van der Waals surface area contributed by atoms with E-state index >= 15 is 0 Å². The number of nitrogens with two attached hydrogens (primary N) is 1. The summed E-state index contributed by atoms with van der Waals surface area (Å²) in [5.74, 6) is -0.280. The number of carbonyl (C=O) groups excluding carboxylic acids is 2. The van der Waals surface area contributed by atoms with Crippen LogP contribution in [0.1, 0.15) is 15.9 Å². The molecule has 4 heteroatoms. The van der Waals surface area contributed by atoms with Gasteiger partial charge in [0.25, 0.3) is 5.91 Å². The number of primary amides is 1. The van der Waals surface area contributed by atoms with Crippen LogP contribution in [-0.4, -0.2) is 18.3 Å². The molecule has 3 aromatic carbocycles. The van der Waals surface area contributed by atoms with Crippen LogP contribution in [0.15, 0.2) is 84.9 Å². The highest BCUT2D eigenvalue weighted by Gasteiger charge is 2.05. The number of amides is 1. The fraction of sp³-hybridized carbons (Fsp3) is 0.0435. The summed E-state index contributed by atoms with van der Waals surface area (Å²) < 4.78 is 5.23. The number of carbonyl (C=O) groups is 2. The summed E-state index contributed by atoms with van der Waals surface area (Å²) in [6, 6.07) is 24.8. The lowest BCUT2D eigenvalue weighted by molar-refractivity contribution is -0.119. The van der Waals surface area contributed by atoms with Crippen LogP contribution in [0.2, 0.25) is 0 Å². The molecule has 0 aromatic heterocycles. The maximum absolute atomic E-state index is 12.4. The van der Waals surface area contributed by atoms with Crippen LogP contribution in [0.4, 0.5) is 0 Å². The van der Waals surface area contributed by atoms with Gasteiger partial charge in [0.1, 0.15) is 5.75 Å². The summed E-state index contributed by atoms with van der Waals surface area (Å²) in [7, 11) is 0. The molecule has 0 atom stereocenters. The molecule has 1 amide bonds. The van der Waals surface area contributed by atoms with E-state index in [-0.39, 0.29) is 12.4 Å². The predicted molar refractivity (Wildman–Crippen MR) is 106 cm³/mol. The van der Waals surface area contributed by atoms with Crippen molar-refractivity contribution in [3.8, 4) is 16.9 Å². The molecule has 4 nitrogen and oxygen atoms in total. The van der Waals surface area contributed by atoms with Crippen LogP contribution in [0.25, 0.3) is 17.2 Å². The van der Waals surface area contributed by atoms with Crippen LogP contribution < -0.4 is 10.5 Å². The van der Waals surface area contributed by atoms with E-state index in [2.05, 4.69) is 12.1 Å². The molecule has 0 aliphatic heterocycles. The number of hydrogen-bond acceptors (Lipinski definition) is 3. The SMILES string of the molecule is NC(=O)COc1cccc(C(=O)/C=C/c2ccc(-c3ccccc3)cc2)c1. The molecule has 0 bridgehead atoms. The Morgan fingerprint density at radius 3 is 2.26 bits per heavy atom. The third-order valence-electron chi connectivity index (χ3n) is 3.94. The van der Waals surface area contributed by atoms with Crippen LogP contribution in [0.3, 0.4) is 0 Å². The van der Waals surface area contributed by atoms with Crippen molar-refractivity contribution in [1.29, 1.82) is 0 Å². The summed E-state index contributed by atoms with van der Waals surface area (Å²) in [5, 5.41) is 0. The number of benzene rings is 3. The van der Waals surface area contributed by atoms with E-state index in [0.29, 0.717) is 11.3 Å². The molecule has 134 valence electrons. The van der Waals surface area contributed by atoms with Crippen molar-refractivity contribution in [3.63, 3.8) is 0 Å².